The maximum absolute atomic E-state index is 10.9. The van der Waals surface area contributed by atoms with Gasteiger partial charge in [-0.2, -0.15) is 5.26 Å². The lowest BCUT2D eigenvalue weighted by Gasteiger charge is -1.89. The number of amides is 1. The molecule has 1 aromatic carbocycles. The summed E-state index contributed by atoms with van der Waals surface area (Å²) in [5.41, 5.74) is 6.72. The second kappa shape index (κ2) is 2.89. The summed E-state index contributed by atoms with van der Waals surface area (Å²) in [5, 5.41) is 9.53. The quantitative estimate of drug-likeness (QED) is 0.698. The molecule has 1 aromatic heterocycles. The SMILES string of the molecule is N#Cc1cccc2[nH]c(C(N)=O)cc12. The fourth-order valence-electron chi connectivity index (χ4n) is 1.39. The number of hydrogen-bond donors (Lipinski definition) is 2. The number of fused-ring (bicyclic) bond motifs is 1. The van der Waals surface area contributed by atoms with E-state index in [4.69, 9.17) is 11.0 Å². The molecule has 1 heterocycles. The van der Waals surface area contributed by atoms with Crippen LogP contribution in [0.15, 0.2) is 24.3 Å². The number of nitrogens with one attached hydrogen (secondary N) is 1. The van der Waals surface area contributed by atoms with Crippen LogP contribution in [0.4, 0.5) is 0 Å². The average molecular weight is 185 g/mol. The number of benzene rings is 1. The molecule has 0 saturated heterocycles. The van der Waals surface area contributed by atoms with Crippen LogP contribution in [0.3, 0.4) is 0 Å². The van der Waals surface area contributed by atoms with Gasteiger partial charge in [-0.1, -0.05) is 6.07 Å². The zero-order chi connectivity index (χ0) is 10.1. The molecule has 0 spiro atoms. The molecule has 0 aliphatic rings. The zero-order valence-corrected chi connectivity index (χ0v) is 7.24. The molecule has 0 saturated carbocycles. The van der Waals surface area contributed by atoms with E-state index >= 15 is 0 Å². The Labute approximate surface area is 79.9 Å². The van der Waals surface area contributed by atoms with Gasteiger partial charge in [0.15, 0.2) is 0 Å². The molecule has 4 heteroatoms. The Kier molecular flexibility index (Phi) is 1.72. The van der Waals surface area contributed by atoms with Crippen LogP contribution in [-0.2, 0) is 0 Å². The van der Waals surface area contributed by atoms with Crippen LogP contribution in [0.5, 0.6) is 0 Å². The highest BCUT2D eigenvalue weighted by Gasteiger charge is 2.07. The molecule has 0 aliphatic heterocycles. The summed E-state index contributed by atoms with van der Waals surface area (Å²) >= 11 is 0. The predicted molar refractivity (Wildman–Crippen MR) is 51.5 cm³/mol. The van der Waals surface area contributed by atoms with Crippen LogP contribution < -0.4 is 5.73 Å². The van der Waals surface area contributed by atoms with Crippen LogP contribution in [0.25, 0.3) is 10.9 Å². The van der Waals surface area contributed by atoms with Crippen molar-refractivity contribution in [3.05, 3.63) is 35.5 Å². The molecular weight excluding hydrogens is 178 g/mol. The molecule has 3 N–H and O–H groups in total. The second-order valence-corrected chi connectivity index (χ2v) is 2.93. The fourth-order valence-corrected chi connectivity index (χ4v) is 1.39. The van der Waals surface area contributed by atoms with Gasteiger partial charge in [0.05, 0.1) is 11.6 Å². The highest BCUT2D eigenvalue weighted by atomic mass is 16.1. The second-order valence-electron chi connectivity index (χ2n) is 2.93. The van der Waals surface area contributed by atoms with Crippen LogP contribution in [-0.4, -0.2) is 10.9 Å². The fraction of sp³-hybridized carbons (Fsp3) is 0. The summed E-state index contributed by atoms with van der Waals surface area (Å²) in [6.07, 6.45) is 0. The van der Waals surface area contributed by atoms with Crippen LogP contribution in [0, 0.1) is 11.3 Å². The summed E-state index contributed by atoms with van der Waals surface area (Å²) in [6.45, 7) is 0. The Morgan fingerprint density at radius 2 is 2.29 bits per heavy atom. The standard InChI is InChI=1S/C10H7N3O/c11-5-6-2-1-3-8-7(6)4-9(13-8)10(12)14/h1-4,13H,(H2,12,14). The van der Waals surface area contributed by atoms with Gasteiger partial charge in [0, 0.05) is 10.9 Å². The number of primary amides is 1. The number of carbonyl (C=O) groups is 1. The van der Waals surface area contributed by atoms with Gasteiger partial charge in [0.25, 0.3) is 5.91 Å². The van der Waals surface area contributed by atoms with E-state index in [0.29, 0.717) is 11.3 Å². The van der Waals surface area contributed by atoms with E-state index < -0.39 is 5.91 Å². The first-order valence-electron chi connectivity index (χ1n) is 4.04. The number of carbonyl (C=O) groups excluding carboxylic acids is 1. The van der Waals surface area contributed by atoms with Crippen molar-refractivity contribution >= 4 is 16.8 Å². The number of H-pyrrole nitrogens is 1. The van der Waals surface area contributed by atoms with Crippen molar-refractivity contribution in [3.8, 4) is 6.07 Å². The number of aromatic amines is 1. The Morgan fingerprint density at radius 3 is 2.93 bits per heavy atom. The summed E-state index contributed by atoms with van der Waals surface area (Å²) in [5.74, 6) is -0.523. The van der Waals surface area contributed by atoms with Crippen LogP contribution >= 0.6 is 0 Å². The summed E-state index contributed by atoms with van der Waals surface area (Å²) in [4.78, 5) is 13.7. The maximum Gasteiger partial charge on any atom is 0.265 e. The first-order valence-corrected chi connectivity index (χ1v) is 4.04. The molecule has 0 unspecified atom stereocenters. The van der Waals surface area contributed by atoms with Crippen molar-refractivity contribution in [2.24, 2.45) is 5.73 Å². The van der Waals surface area contributed by atoms with E-state index in [1.54, 1.807) is 24.3 Å². The van der Waals surface area contributed by atoms with Gasteiger partial charge in [0.1, 0.15) is 5.69 Å². The van der Waals surface area contributed by atoms with Crippen molar-refractivity contribution < 1.29 is 4.79 Å². The van der Waals surface area contributed by atoms with Crippen molar-refractivity contribution in [2.75, 3.05) is 0 Å². The van der Waals surface area contributed by atoms with Gasteiger partial charge in [-0.15, -0.1) is 0 Å². The minimum absolute atomic E-state index is 0.322. The molecule has 0 aliphatic carbocycles. The van der Waals surface area contributed by atoms with E-state index in [0.717, 1.165) is 10.9 Å². The predicted octanol–water partition coefficient (Wildman–Crippen LogP) is 1.14. The first-order chi connectivity index (χ1) is 6.72. The third kappa shape index (κ3) is 1.12. The van der Waals surface area contributed by atoms with Gasteiger partial charge in [0.2, 0.25) is 0 Å². The van der Waals surface area contributed by atoms with Gasteiger partial charge in [-0.05, 0) is 18.2 Å². The summed E-state index contributed by atoms with van der Waals surface area (Å²) < 4.78 is 0. The lowest BCUT2D eigenvalue weighted by Crippen LogP contribution is -2.10. The van der Waals surface area contributed by atoms with E-state index in [-0.39, 0.29) is 0 Å². The third-order valence-corrected chi connectivity index (χ3v) is 2.05. The molecule has 14 heavy (non-hydrogen) atoms. The lowest BCUT2D eigenvalue weighted by molar-refractivity contribution is 0.0996. The largest absolute Gasteiger partial charge is 0.364 e. The van der Waals surface area contributed by atoms with Crippen LogP contribution in [0.1, 0.15) is 16.1 Å². The number of rotatable bonds is 1. The van der Waals surface area contributed by atoms with Gasteiger partial charge in [-0.25, -0.2) is 0 Å². The van der Waals surface area contributed by atoms with E-state index in [1.165, 1.54) is 0 Å². The maximum atomic E-state index is 10.9. The molecular formula is C10H7N3O. The number of hydrogen-bond acceptors (Lipinski definition) is 2. The van der Waals surface area contributed by atoms with Crippen molar-refractivity contribution in [1.29, 1.82) is 5.26 Å². The molecule has 1 amide bonds. The van der Waals surface area contributed by atoms with Crippen molar-refractivity contribution in [1.82, 2.24) is 4.98 Å². The Balaban J connectivity index is 2.78. The minimum Gasteiger partial charge on any atom is -0.364 e. The first kappa shape index (κ1) is 8.32. The average Bonchev–Trinajstić information content (AvgIpc) is 2.60. The smallest absolute Gasteiger partial charge is 0.265 e. The highest BCUT2D eigenvalue weighted by Crippen LogP contribution is 2.18. The third-order valence-electron chi connectivity index (χ3n) is 2.05. The molecule has 68 valence electrons. The van der Waals surface area contributed by atoms with Crippen molar-refractivity contribution in [3.63, 3.8) is 0 Å². The normalized spacial score (nSPS) is 9.93. The Hall–Kier alpha value is -2.28. The Morgan fingerprint density at radius 1 is 1.50 bits per heavy atom. The van der Waals surface area contributed by atoms with Gasteiger partial charge in [-0.3, -0.25) is 4.79 Å². The molecule has 0 bridgehead atoms. The topological polar surface area (TPSA) is 82.7 Å². The van der Waals surface area contributed by atoms with Gasteiger partial charge < -0.3 is 10.7 Å². The molecule has 0 radical (unpaired) electrons. The van der Waals surface area contributed by atoms with Crippen LogP contribution in [0.2, 0.25) is 0 Å². The number of nitrogens with two attached hydrogens (primary N) is 1. The van der Waals surface area contributed by atoms with E-state index in [2.05, 4.69) is 11.1 Å². The molecule has 0 fully saturated rings. The molecule has 2 aromatic rings. The minimum atomic E-state index is -0.523. The highest BCUT2D eigenvalue weighted by molar-refractivity contribution is 5.98. The number of nitriles is 1. The molecule has 0 atom stereocenters. The van der Waals surface area contributed by atoms with Gasteiger partial charge >= 0.3 is 0 Å². The molecule has 2 rings (SSSR count). The number of aromatic nitrogens is 1. The zero-order valence-electron chi connectivity index (χ0n) is 7.24. The monoisotopic (exact) mass is 185 g/mol. The molecule has 4 nitrogen and oxygen atoms in total. The summed E-state index contributed by atoms with van der Waals surface area (Å²) in [6, 6.07) is 8.89. The van der Waals surface area contributed by atoms with E-state index in [1.807, 2.05) is 0 Å². The van der Waals surface area contributed by atoms with Crippen molar-refractivity contribution in [2.45, 2.75) is 0 Å². The lowest BCUT2D eigenvalue weighted by atomic mass is 10.1. The summed E-state index contributed by atoms with van der Waals surface area (Å²) in [7, 11) is 0. The van der Waals surface area contributed by atoms with E-state index in [9.17, 15) is 4.79 Å². The Bertz CT molecular complexity index is 548. The number of nitrogens with zero attached hydrogens (tertiary/aromatic N) is 1.